The van der Waals surface area contributed by atoms with E-state index in [2.05, 4.69) is 18.0 Å². The Bertz CT molecular complexity index is 2180. The van der Waals surface area contributed by atoms with Crippen LogP contribution >= 0.6 is 0 Å². The average molecular weight is 674 g/mol. The van der Waals surface area contributed by atoms with E-state index in [1.807, 2.05) is 12.1 Å². The number of aromatic hydroxyl groups is 3. The lowest BCUT2D eigenvalue weighted by Crippen LogP contribution is -2.64. The number of carboxylic acid groups (broad SMARTS) is 2. The molecule has 0 amide bonds. The number of aliphatic hydroxyl groups is 1. The van der Waals surface area contributed by atoms with Gasteiger partial charge in [-0.1, -0.05) is 66.7 Å². The number of carbonyl (C=O) groups is 2. The summed E-state index contributed by atoms with van der Waals surface area (Å²) in [6, 6.07) is 21.0. The Hall–Kier alpha value is -5.58. The van der Waals surface area contributed by atoms with Crippen molar-refractivity contribution in [1.29, 1.82) is 0 Å². The van der Waals surface area contributed by atoms with Crippen molar-refractivity contribution in [1.82, 2.24) is 4.90 Å². The lowest BCUT2D eigenvalue weighted by Gasteiger charge is -2.56. The third kappa shape index (κ3) is 4.55. The topological polar surface area (TPSA) is 168 Å². The molecule has 5 aromatic rings. The number of likely N-dealkylation sites (N-methyl/N-ethyl adjacent to an activating group) is 1. The van der Waals surface area contributed by atoms with Gasteiger partial charge in [0.2, 0.25) is 0 Å². The lowest BCUT2D eigenvalue weighted by molar-refractivity contribution is -0.0453. The zero-order chi connectivity index (χ0) is 35.1. The largest absolute Gasteiger partial charge is 0.507 e. The molecule has 4 aliphatic rings. The molecule has 1 unspecified atom stereocenters. The smallest absolute Gasteiger partial charge is 0.339 e. The molecule has 2 heterocycles. The van der Waals surface area contributed by atoms with Crippen molar-refractivity contribution in [2.45, 2.75) is 42.9 Å². The molecule has 254 valence electrons. The normalized spacial score (nSPS) is 24.3. The van der Waals surface area contributed by atoms with E-state index in [1.165, 1.54) is 23.3 Å². The monoisotopic (exact) mass is 673 g/mol. The molecule has 2 bridgehead atoms. The van der Waals surface area contributed by atoms with E-state index in [9.17, 15) is 40.2 Å². The van der Waals surface area contributed by atoms with Crippen LogP contribution in [0.25, 0.3) is 21.5 Å². The number of likely N-dealkylation sites (tertiary alicyclic amines) is 1. The van der Waals surface area contributed by atoms with E-state index < -0.39 is 29.5 Å². The summed E-state index contributed by atoms with van der Waals surface area (Å²) in [5, 5.41) is 63.4. The van der Waals surface area contributed by atoms with E-state index in [0.717, 1.165) is 19.4 Å². The minimum absolute atomic E-state index is 0.0407. The van der Waals surface area contributed by atoms with Crippen molar-refractivity contribution in [2.75, 3.05) is 13.6 Å². The molecule has 0 saturated carbocycles. The first-order valence-electron chi connectivity index (χ1n) is 16.5. The molecule has 1 fully saturated rings. The van der Waals surface area contributed by atoms with Gasteiger partial charge < -0.3 is 40.3 Å². The van der Waals surface area contributed by atoms with Crippen molar-refractivity contribution in [3.8, 4) is 23.0 Å². The predicted molar refractivity (Wildman–Crippen MR) is 186 cm³/mol. The average Bonchev–Trinajstić information content (AvgIpc) is 3.46. The first-order chi connectivity index (χ1) is 24.0. The molecule has 1 spiro atoms. The minimum atomic E-state index is -1.28. The molecule has 2 aliphatic heterocycles. The van der Waals surface area contributed by atoms with Gasteiger partial charge >= 0.3 is 11.9 Å². The summed E-state index contributed by atoms with van der Waals surface area (Å²) in [4.78, 5) is 25.6. The van der Waals surface area contributed by atoms with Crippen molar-refractivity contribution >= 4 is 33.5 Å². The van der Waals surface area contributed by atoms with E-state index >= 15 is 0 Å². The van der Waals surface area contributed by atoms with Crippen LogP contribution in [0.15, 0.2) is 84.9 Å². The molecule has 50 heavy (non-hydrogen) atoms. The fraction of sp³-hybridized carbons (Fsp3) is 0.250. The van der Waals surface area contributed by atoms with Crippen LogP contribution in [-0.2, 0) is 18.3 Å². The van der Waals surface area contributed by atoms with Gasteiger partial charge in [0.1, 0.15) is 34.8 Å². The third-order valence-corrected chi connectivity index (χ3v) is 11.2. The molecular formula is C40H35NO9. The van der Waals surface area contributed by atoms with Crippen LogP contribution in [0, 0.1) is 5.92 Å². The van der Waals surface area contributed by atoms with Gasteiger partial charge in [-0.15, -0.1) is 0 Å². The van der Waals surface area contributed by atoms with Gasteiger partial charge in [-0.05, 0) is 71.7 Å². The molecule has 10 nitrogen and oxygen atoms in total. The third-order valence-electron chi connectivity index (χ3n) is 11.2. The van der Waals surface area contributed by atoms with Crippen molar-refractivity contribution in [3.05, 3.63) is 118 Å². The van der Waals surface area contributed by atoms with Crippen LogP contribution in [0.4, 0.5) is 0 Å². The summed E-state index contributed by atoms with van der Waals surface area (Å²) in [5.41, 5.74) is 2.40. The number of aromatic carboxylic acids is 2. The van der Waals surface area contributed by atoms with Gasteiger partial charge in [-0.3, -0.25) is 0 Å². The molecule has 10 heteroatoms. The Kier molecular flexibility index (Phi) is 7.29. The van der Waals surface area contributed by atoms with Crippen LogP contribution in [0.1, 0.15) is 49.4 Å². The van der Waals surface area contributed by atoms with Crippen molar-refractivity contribution in [2.24, 2.45) is 5.92 Å². The molecule has 6 N–H and O–H groups in total. The zero-order valence-electron chi connectivity index (χ0n) is 27.1. The minimum Gasteiger partial charge on any atom is -0.507 e. The number of carboxylic acids is 2. The standard InChI is InChI=1S/C23H16O6.C17H19NO3/c24-20-16(14-7-3-1-5-12(14)9-18(20)22(26)27)11-17-15-8-4-2-6-13(15)10-19(21(17)25)23(28)29;1-18-7-6-17-10-3-5-13(20)16(17)21-15-12(19)4-2-9(14(15)17)8-11(10)18/h1-10,24-25H,11H2,(H,26,27)(H,28,29);2-5,10-11,13,16,19-20H,6-8H2,1H3/t;10-,11+,13-,16-,17?/m.0/s1. The second-order valence-corrected chi connectivity index (χ2v) is 13.7. The van der Waals surface area contributed by atoms with Gasteiger partial charge in [-0.25, -0.2) is 9.59 Å². The fourth-order valence-electron chi connectivity index (χ4n) is 8.92. The van der Waals surface area contributed by atoms with Gasteiger partial charge in [0, 0.05) is 40.5 Å². The number of aliphatic hydroxyl groups excluding tert-OH is 1. The SMILES string of the molecule is CN1CCC23c4c5ccc(O)c4O[C@H]2[C@@H](O)C=C[C@H]3[C@H]1C5.O=C(O)c1cc2ccccc2c(Cc2c(O)c(C(=O)O)cc3ccccc23)c1O. The summed E-state index contributed by atoms with van der Waals surface area (Å²) in [7, 11) is 2.19. The molecule has 2 aliphatic carbocycles. The number of nitrogens with zero attached hydrogens (tertiary/aromatic N) is 1. The zero-order valence-corrected chi connectivity index (χ0v) is 27.1. The lowest BCUT2D eigenvalue weighted by atomic mass is 9.53. The Morgan fingerprint density at radius 1 is 0.840 bits per heavy atom. The number of piperidine rings is 1. The molecule has 0 radical (unpaired) electrons. The maximum atomic E-state index is 11.6. The number of benzene rings is 5. The summed E-state index contributed by atoms with van der Waals surface area (Å²) in [6.45, 7) is 1.01. The predicted octanol–water partition coefficient (Wildman–Crippen LogP) is 5.59. The number of hydrogen-bond acceptors (Lipinski definition) is 8. The fourth-order valence-corrected chi connectivity index (χ4v) is 8.92. The molecule has 0 aromatic heterocycles. The number of phenols is 3. The highest BCUT2D eigenvalue weighted by Gasteiger charge is 2.64. The summed E-state index contributed by atoms with van der Waals surface area (Å²) in [6.07, 6.45) is 5.14. The first-order valence-corrected chi connectivity index (χ1v) is 16.5. The number of phenolic OH excluding ortho intramolecular Hbond substituents is 1. The van der Waals surface area contributed by atoms with Crippen LogP contribution in [0.2, 0.25) is 0 Å². The quantitative estimate of drug-likeness (QED) is 0.132. The molecule has 5 aromatic carbocycles. The number of ether oxygens (including phenoxy) is 1. The van der Waals surface area contributed by atoms with Gasteiger partial charge in [0.15, 0.2) is 11.5 Å². The highest BCUT2D eigenvalue weighted by atomic mass is 16.5. The first kappa shape index (κ1) is 31.7. The van der Waals surface area contributed by atoms with E-state index in [0.29, 0.717) is 50.4 Å². The highest BCUT2D eigenvalue weighted by molar-refractivity contribution is 6.02. The Morgan fingerprint density at radius 3 is 2.00 bits per heavy atom. The number of fused-ring (bicyclic) bond motifs is 2. The van der Waals surface area contributed by atoms with Gasteiger partial charge in [0.05, 0.1) is 0 Å². The van der Waals surface area contributed by atoms with E-state index in [1.54, 1.807) is 54.6 Å². The molecule has 1 saturated heterocycles. The number of hydrogen-bond donors (Lipinski definition) is 6. The van der Waals surface area contributed by atoms with Gasteiger partial charge in [-0.2, -0.15) is 0 Å². The summed E-state index contributed by atoms with van der Waals surface area (Å²) >= 11 is 0. The van der Waals surface area contributed by atoms with Crippen LogP contribution < -0.4 is 4.74 Å². The van der Waals surface area contributed by atoms with Crippen LogP contribution in [-0.4, -0.2) is 79.3 Å². The maximum absolute atomic E-state index is 11.6. The Labute approximate surface area is 286 Å². The molecule has 5 atom stereocenters. The molecular weight excluding hydrogens is 638 g/mol. The summed E-state index contributed by atoms with van der Waals surface area (Å²) in [5.74, 6) is -2.17. The second kappa shape index (κ2) is 11.5. The highest BCUT2D eigenvalue weighted by Crippen LogP contribution is 2.62. The van der Waals surface area contributed by atoms with E-state index in [4.69, 9.17) is 4.74 Å². The maximum Gasteiger partial charge on any atom is 0.339 e. The van der Waals surface area contributed by atoms with Gasteiger partial charge in [0.25, 0.3) is 0 Å². The van der Waals surface area contributed by atoms with E-state index in [-0.39, 0.29) is 34.8 Å². The summed E-state index contributed by atoms with van der Waals surface area (Å²) < 4.78 is 6.09. The Balaban J connectivity index is 0.000000151. The van der Waals surface area contributed by atoms with Crippen LogP contribution in [0.5, 0.6) is 23.0 Å². The van der Waals surface area contributed by atoms with Crippen molar-refractivity contribution in [3.63, 3.8) is 0 Å². The van der Waals surface area contributed by atoms with Crippen LogP contribution in [0.3, 0.4) is 0 Å². The second-order valence-electron chi connectivity index (χ2n) is 13.7. The Morgan fingerprint density at radius 2 is 1.42 bits per heavy atom. The number of rotatable bonds is 4. The molecule has 9 rings (SSSR count). The van der Waals surface area contributed by atoms with Crippen molar-refractivity contribution < 1.29 is 45.0 Å².